The van der Waals surface area contributed by atoms with Gasteiger partial charge in [-0.2, -0.15) is 13.7 Å². The molecule has 1 atom stereocenters. The number of ether oxygens (including phenoxy) is 1. The lowest BCUT2D eigenvalue weighted by Gasteiger charge is -2.38. The Morgan fingerprint density at radius 3 is 2.46 bits per heavy atom. The van der Waals surface area contributed by atoms with Crippen molar-refractivity contribution in [1.29, 1.82) is 5.26 Å². The van der Waals surface area contributed by atoms with E-state index in [0.29, 0.717) is 30.5 Å². The number of aliphatic hydroxyl groups is 1. The molecule has 0 radical (unpaired) electrons. The van der Waals surface area contributed by atoms with Crippen LogP contribution in [-0.4, -0.2) is 30.1 Å². The maximum Gasteiger partial charge on any atom is 0.338 e. The number of carbonyl (C=O) groups is 1. The number of nitriles is 1. The molecule has 0 saturated heterocycles. The van der Waals surface area contributed by atoms with Gasteiger partial charge in [-0.1, -0.05) is 45.7 Å². The van der Waals surface area contributed by atoms with Crippen LogP contribution in [0, 0.1) is 11.3 Å². The quantitative estimate of drug-likeness (QED) is 0.423. The molecule has 1 aliphatic heterocycles. The van der Waals surface area contributed by atoms with Crippen molar-refractivity contribution in [3.8, 4) is 6.07 Å². The first-order valence-electron chi connectivity index (χ1n) is 11.8. The van der Waals surface area contributed by atoms with Gasteiger partial charge in [-0.3, -0.25) is 4.72 Å². The van der Waals surface area contributed by atoms with Gasteiger partial charge in [-0.25, -0.2) is 9.78 Å². The molecule has 8 nitrogen and oxygen atoms in total. The smallest absolute Gasteiger partial charge is 0.338 e. The molecule has 2 N–H and O–H groups in total. The van der Waals surface area contributed by atoms with Crippen LogP contribution >= 0.6 is 0 Å². The molecule has 9 heteroatoms. The number of sulfonamides is 1. The molecule has 186 valence electrons. The third kappa shape index (κ3) is 5.82. The Balaban J connectivity index is 1.91. The SMILES string of the molecule is CCCC1(CCC)CC(O)=C([C@H](CC)c2cccc(NS(=O)(=O)c3ccc(C#N)cn3)c2)C(=O)O1. The summed E-state index contributed by atoms with van der Waals surface area (Å²) in [4.78, 5) is 17.0. The van der Waals surface area contributed by atoms with Crippen LogP contribution < -0.4 is 4.72 Å². The molecule has 35 heavy (non-hydrogen) atoms. The number of benzene rings is 1. The minimum Gasteiger partial charge on any atom is -0.512 e. The molecule has 0 fully saturated rings. The van der Waals surface area contributed by atoms with E-state index in [0.717, 1.165) is 12.8 Å². The zero-order valence-electron chi connectivity index (χ0n) is 20.2. The fraction of sp³-hybridized carbons (Fsp3) is 0.423. The summed E-state index contributed by atoms with van der Waals surface area (Å²) < 4.78 is 34.0. The molecule has 0 bridgehead atoms. The Hall–Kier alpha value is -3.38. The second-order valence-corrected chi connectivity index (χ2v) is 10.4. The van der Waals surface area contributed by atoms with Crippen molar-refractivity contribution in [2.75, 3.05) is 4.72 Å². The average molecular weight is 498 g/mol. The predicted molar refractivity (Wildman–Crippen MR) is 132 cm³/mol. The number of esters is 1. The Morgan fingerprint density at radius 1 is 1.20 bits per heavy atom. The van der Waals surface area contributed by atoms with E-state index >= 15 is 0 Å². The molecule has 0 spiro atoms. The van der Waals surface area contributed by atoms with Gasteiger partial charge in [0.1, 0.15) is 17.4 Å². The molecule has 0 amide bonds. The van der Waals surface area contributed by atoms with Crippen molar-refractivity contribution in [3.05, 3.63) is 65.1 Å². The van der Waals surface area contributed by atoms with E-state index in [-0.39, 0.29) is 28.3 Å². The van der Waals surface area contributed by atoms with Gasteiger partial charge < -0.3 is 9.84 Å². The van der Waals surface area contributed by atoms with Gasteiger partial charge >= 0.3 is 5.97 Å². The average Bonchev–Trinajstić information content (AvgIpc) is 2.81. The molecule has 2 aromatic rings. The molecule has 0 aliphatic carbocycles. The van der Waals surface area contributed by atoms with Crippen LogP contribution in [0.1, 0.15) is 76.3 Å². The number of hydrogen-bond acceptors (Lipinski definition) is 7. The fourth-order valence-electron chi connectivity index (χ4n) is 4.70. The van der Waals surface area contributed by atoms with Gasteiger partial charge in [0.25, 0.3) is 10.0 Å². The van der Waals surface area contributed by atoms with E-state index in [1.54, 1.807) is 24.3 Å². The molecule has 1 aliphatic rings. The third-order valence-corrected chi connectivity index (χ3v) is 7.48. The summed E-state index contributed by atoms with van der Waals surface area (Å²) >= 11 is 0. The fourth-order valence-corrected chi connectivity index (χ4v) is 5.68. The predicted octanol–water partition coefficient (Wildman–Crippen LogP) is 5.35. The Kier molecular flexibility index (Phi) is 8.18. The number of cyclic esters (lactones) is 1. The number of hydrogen-bond donors (Lipinski definition) is 2. The van der Waals surface area contributed by atoms with Gasteiger partial charge in [0.15, 0.2) is 5.03 Å². The standard InChI is InChI=1S/C26H31N3O5S/c1-4-12-26(13-5-2)15-22(30)24(25(31)34-26)21(6-3)19-8-7-9-20(14-19)29-35(32,33)23-11-10-18(16-27)17-28-23/h7-11,14,17,21,29-30H,4-6,12-13,15H2,1-3H3/t21-/m1/s1. The van der Waals surface area contributed by atoms with E-state index in [9.17, 15) is 18.3 Å². The molecule has 1 aromatic carbocycles. The number of rotatable bonds is 10. The summed E-state index contributed by atoms with van der Waals surface area (Å²) in [6, 6.07) is 11.3. The Bertz CT molecular complexity index is 1240. The third-order valence-electron chi connectivity index (χ3n) is 6.18. The summed E-state index contributed by atoms with van der Waals surface area (Å²) in [5.41, 5.74) is 0.772. The second-order valence-electron chi connectivity index (χ2n) is 8.80. The minimum atomic E-state index is -3.99. The Labute approximate surface area is 206 Å². The van der Waals surface area contributed by atoms with Gasteiger partial charge in [0.05, 0.1) is 11.1 Å². The first-order chi connectivity index (χ1) is 16.7. The van der Waals surface area contributed by atoms with Crippen LogP contribution in [0.25, 0.3) is 0 Å². The summed E-state index contributed by atoms with van der Waals surface area (Å²) in [6.45, 7) is 5.95. The number of aromatic nitrogens is 1. The van der Waals surface area contributed by atoms with E-state index in [2.05, 4.69) is 9.71 Å². The van der Waals surface area contributed by atoms with E-state index < -0.39 is 27.5 Å². The van der Waals surface area contributed by atoms with Crippen molar-refractivity contribution < 1.29 is 23.1 Å². The zero-order chi connectivity index (χ0) is 25.6. The van der Waals surface area contributed by atoms with Crippen LogP contribution in [0.4, 0.5) is 5.69 Å². The molecule has 3 rings (SSSR count). The van der Waals surface area contributed by atoms with Crippen LogP contribution in [0.5, 0.6) is 0 Å². The zero-order valence-corrected chi connectivity index (χ0v) is 21.1. The molecule has 2 heterocycles. The highest BCUT2D eigenvalue weighted by Gasteiger charge is 2.42. The van der Waals surface area contributed by atoms with Crippen LogP contribution in [0.3, 0.4) is 0 Å². The largest absolute Gasteiger partial charge is 0.512 e. The highest BCUT2D eigenvalue weighted by molar-refractivity contribution is 7.92. The van der Waals surface area contributed by atoms with Crippen molar-refractivity contribution in [2.45, 2.75) is 75.8 Å². The van der Waals surface area contributed by atoms with E-state index in [1.165, 1.54) is 18.3 Å². The topological polar surface area (TPSA) is 129 Å². The second kappa shape index (κ2) is 10.9. The normalized spacial score (nSPS) is 16.3. The van der Waals surface area contributed by atoms with Gasteiger partial charge in [0.2, 0.25) is 0 Å². The highest BCUT2D eigenvalue weighted by atomic mass is 32.2. The van der Waals surface area contributed by atoms with Gasteiger partial charge in [-0.05, 0) is 49.1 Å². The summed E-state index contributed by atoms with van der Waals surface area (Å²) in [7, 11) is -3.99. The van der Waals surface area contributed by atoms with Gasteiger partial charge in [-0.15, -0.1) is 0 Å². The van der Waals surface area contributed by atoms with Crippen LogP contribution in [0.15, 0.2) is 59.0 Å². The monoisotopic (exact) mass is 497 g/mol. The lowest BCUT2D eigenvalue weighted by molar-refractivity contribution is -0.161. The van der Waals surface area contributed by atoms with Crippen molar-refractivity contribution >= 4 is 21.7 Å². The lowest BCUT2D eigenvalue weighted by Crippen LogP contribution is -2.41. The Morgan fingerprint density at radius 2 is 1.91 bits per heavy atom. The molecule has 0 unspecified atom stereocenters. The van der Waals surface area contributed by atoms with Crippen molar-refractivity contribution in [2.24, 2.45) is 0 Å². The number of carbonyl (C=O) groups excluding carboxylic acids is 1. The first-order valence-corrected chi connectivity index (χ1v) is 13.3. The number of pyridine rings is 1. The number of anilines is 1. The van der Waals surface area contributed by atoms with Crippen LogP contribution in [-0.2, 0) is 19.6 Å². The molecular formula is C26H31N3O5S. The highest BCUT2D eigenvalue weighted by Crippen LogP contribution is 2.42. The summed E-state index contributed by atoms with van der Waals surface area (Å²) in [5.74, 6) is -0.931. The van der Waals surface area contributed by atoms with Gasteiger partial charge in [0, 0.05) is 24.2 Å². The van der Waals surface area contributed by atoms with Crippen LogP contribution in [0.2, 0.25) is 0 Å². The number of nitrogens with zero attached hydrogens (tertiary/aromatic N) is 2. The maximum absolute atomic E-state index is 13.1. The lowest BCUT2D eigenvalue weighted by atomic mass is 9.80. The maximum atomic E-state index is 13.1. The van der Waals surface area contributed by atoms with Crippen molar-refractivity contribution in [3.63, 3.8) is 0 Å². The molecular weight excluding hydrogens is 466 g/mol. The number of nitrogens with one attached hydrogen (secondary N) is 1. The number of aliphatic hydroxyl groups excluding tert-OH is 1. The minimum absolute atomic E-state index is 0.0442. The first kappa shape index (κ1) is 26.2. The van der Waals surface area contributed by atoms with Crippen molar-refractivity contribution in [1.82, 2.24) is 4.98 Å². The van der Waals surface area contributed by atoms with E-state index in [4.69, 9.17) is 10.00 Å². The summed E-state index contributed by atoms with van der Waals surface area (Å²) in [5, 5.41) is 19.6. The molecule has 1 aromatic heterocycles. The summed E-state index contributed by atoms with van der Waals surface area (Å²) in [6.07, 6.45) is 5.02. The van der Waals surface area contributed by atoms with E-state index in [1.807, 2.05) is 26.8 Å². The molecule has 0 saturated carbocycles.